The van der Waals surface area contributed by atoms with Crippen molar-refractivity contribution in [1.29, 1.82) is 0 Å². The zero-order valence-corrected chi connectivity index (χ0v) is 14.1. The molecule has 7 nitrogen and oxygen atoms in total. The van der Waals surface area contributed by atoms with Gasteiger partial charge in [0.2, 0.25) is 0 Å². The molecule has 1 amide bonds. The van der Waals surface area contributed by atoms with Crippen LogP contribution in [-0.2, 0) is 7.05 Å². The number of hydrogen-bond donors (Lipinski definition) is 1. The number of amides is 1. The summed E-state index contributed by atoms with van der Waals surface area (Å²) in [6, 6.07) is 5.26. The van der Waals surface area contributed by atoms with E-state index in [0.29, 0.717) is 37.0 Å². The first-order valence-corrected chi connectivity index (χ1v) is 8.08. The Hall–Kier alpha value is -2.09. The minimum absolute atomic E-state index is 0.177. The highest BCUT2D eigenvalue weighted by atomic mass is 79.9. The number of nitrogens with zero attached hydrogens (tertiary/aromatic N) is 3. The predicted molar refractivity (Wildman–Crippen MR) is 89.0 cm³/mol. The summed E-state index contributed by atoms with van der Waals surface area (Å²) in [5.74, 6) is 0. The Morgan fingerprint density at radius 2 is 1.83 bits per heavy atom. The number of benzene rings is 1. The van der Waals surface area contributed by atoms with Crippen molar-refractivity contribution in [2.45, 2.75) is 18.9 Å². The Balaban J connectivity index is 2.14. The fraction of sp³-hybridized carbons (Fsp3) is 0.400. The van der Waals surface area contributed by atoms with Crippen LogP contribution >= 0.6 is 15.9 Å². The lowest BCUT2D eigenvalue weighted by molar-refractivity contribution is 0.125. The largest absolute Gasteiger partial charge is 0.465 e. The normalized spacial score (nSPS) is 16.0. The second-order valence-corrected chi connectivity index (χ2v) is 6.59. The van der Waals surface area contributed by atoms with Crippen molar-refractivity contribution >= 4 is 33.1 Å². The van der Waals surface area contributed by atoms with E-state index < -0.39 is 17.2 Å². The van der Waals surface area contributed by atoms with Gasteiger partial charge in [-0.15, -0.1) is 0 Å². The number of aromatic nitrogens is 2. The standard InChI is InChI=1S/C15H16BrN3O4/c1-17-11-3-2-9(16)8-12(11)19(14(21)13(17)20)10-4-6-18(7-5-10)15(22)23/h2-3,8,10H,4-7H2,1H3,(H,22,23). The number of rotatable bonds is 1. The molecule has 3 rings (SSSR count). The van der Waals surface area contributed by atoms with Crippen LogP contribution in [-0.4, -0.2) is 38.3 Å². The molecule has 122 valence electrons. The van der Waals surface area contributed by atoms with Crippen LogP contribution in [0.4, 0.5) is 4.79 Å². The maximum absolute atomic E-state index is 12.5. The lowest BCUT2D eigenvalue weighted by atomic mass is 10.0. The van der Waals surface area contributed by atoms with E-state index in [1.54, 1.807) is 13.1 Å². The SMILES string of the molecule is Cn1c(=O)c(=O)n(C2CCN(C(=O)O)CC2)c2cc(Br)ccc21. The third-order valence-corrected chi connectivity index (χ3v) is 4.86. The zero-order valence-electron chi connectivity index (χ0n) is 12.5. The molecule has 1 aromatic carbocycles. The number of halogens is 1. The molecule has 2 aromatic rings. The van der Waals surface area contributed by atoms with Crippen molar-refractivity contribution in [2.75, 3.05) is 13.1 Å². The molecule has 2 heterocycles. The van der Waals surface area contributed by atoms with E-state index in [1.807, 2.05) is 12.1 Å². The minimum Gasteiger partial charge on any atom is -0.465 e. The highest BCUT2D eigenvalue weighted by Crippen LogP contribution is 2.26. The number of fused-ring (bicyclic) bond motifs is 1. The van der Waals surface area contributed by atoms with E-state index in [-0.39, 0.29) is 6.04 Å². The molecule has 0 unspecified atom stereocenters. The molecule has 8 heteroatoms. The Kier molecular flexibility index (Phi) is 4.01. The summed E-state index contributed by atoms with van der Waals surface area (Å²) < 4.78 is 3.70. The summed E-state index contributed by atoms with van der Waals surface area (Å²) in [6.07, 6.45) is 0.0782. The molecule has 1 saturated heterocycles. The summed E-state index contributed by atoms with van der Waals surface area (Å²) >= 11 is 3.40. The van der Waals surface area contributed by atoms with Gasteiger partial charge < -0.3 is 14.6 Å². The van der Waals surface area contributed by atoms with Gasteiger partial charge >= 0.3 is 17.2 Å². The third kappa shape index (κ3) is 2.67. The van der Waals surface area contributed by atoms with Crippen LogP contribution in [0.5, 0.6) is 0 Å². The topological polar surface area (TPSA) is 84.5 Å². The first kappa shape index (κ1) is 15.8. The molecule has 0 radical (unpaired) electrons. The van der Waals surface area contributed by atoms with Gasteiger partial charge in [0.1, 0.15) is 0 Å². The number of aryl methyl sites for hydroxylation is 1. The second-order valence-electron chi connectivity index (χ2n) is 5.67. The number of hydrogen-bond acceptors (Lipinski definition) is 3. The van der Waals surface area contributed by atoms with Gasteiger partial charge in [-0.25, -0.2) is 4.79 Å². The maximum atomic E-state index is 12.5. The quantitative estimate of drug-likeness (QED) is 0.762. The number of piperidine rings is 1. The minimum atomic E-state index is -0.952. The monoisotopic (exact) mass is 381 g/mol. The number of carbonyl (C=O) groups is 1. The van der Waals surface area contributed by atoms with E-state index in [9.17, 15) is 14.4 Å². The lowest BCUT2D eigenvalue weighted by Crippen LogP contribution is -2.45. The molecule has 0 saturated carbocycles. The van der Waals surface area contributed by atoms with Gasteiger partial charge in [-0.2, -0.15) is 0 Å². The molecule has 1 aliphatic heterocycles. The fourth-order valence-corrected chi connectivity index (χ4v) is 3.47. The maximum Gasteiger partial charge on any atom is 0.407 e. The van der Waals surface area contributed by atoms with Gasteiger partial charge in [-0.05, 0) is 31.0 Å². The fourth-order valence-electron chi connectivity index (χ4n) is 3.12. The first-order chi connectivity index (χ1) is 10.9. The molecule has 1 aromatic heterocycles. The zero-order chi connectivity index (χ0) is 16.7. The predicted octanol–water partition coefficient (Wildman–Crippen LogP) is 1.78. The average molecular weight is 382 g/mol. The highest BCUT2D eigenvalue weighted by Gasteiger charge is 2.26. The Morgan fingerprint density at radius 3 is 2.43 bits per heavy atom. The van der Waals surface area contributed by atoms with Crippen LogP contribution in [0.3, 0.4) is 0 Å². The van der Waals surface area contributed by atoms with Crippen molar-refractivity contribution in [3.63, 3.8) is 0 Å². The Bertz CT molecular complexity index is 894. The Morgan fingerprint density at radius 1 is 1.17 bits per heavy atom. The second kappa shape index (κ2) is 5.84. The van der Waals surface area contributed by atoms with Crippen molar-refractivity contribution < 1.29 is 9.90 Å². The van der Waals surface area contributed by atoms with Crippen molar-refractivity contribution in [3.05, 3.63) is 43.4 Å². The molecule has 1 aliphatic rings. The molecular formula is C15H16BrN3O4. The summed E-state index contributed by atoms with van der Waals surface area (Å²) in [4.78, 5) is 37.1. The summed E-state index contributed by atoms with van der Waals surface area (Å²) in [7, 11) is 1.58. The van der Waals surface area contributed by atoms with Crippen LogP contribution in [0.25, 0.3) is 11.0 Å². The van der Waals surface area contributed by atoms with Crippen LogP contribution in [0.15, 0.2) is 32.3 Å². The highest BCUT2D eigenvalue weighted by molar-refractivity contribution is 9.10. The summed E-state index contributed by atoms with van der Waals surface area (Å²) in [5.41, 5.74) is 0.228. The van der Waals surface area contributed by atoms with Crippen LogP contribution in [0.1, 0.15) is 18.9 Å². The van der Waals surface area contributed by atoms with Crippen molar-refractivity contribution in [3.8, 4) is 0 Å². The smallest absolute Gasteiger partial charge is 0.407 e. The summed E-state index contributed by atoms with van der Waals surface area (Å²) in [6.45, 7) is 0.717. The van der Waals surface area contributed by atoms with Gasteiger partial charge in [-0.3, -0.25) is 14.2 Å². The van der Waals surface area contributed by atoms with E-state index >= 15 is 0 Å². The van der Waals surface area contributed by atoms with Crippen molar-refractivity contribution in [1.82, 2.24) is 14.0 Å². The first-order valence-electron chi connectivity index (χ1n) is 7.29. The molecule has 0 aliphatic carbocycles. The number of carboxylic acid groups (broad SMARTS) is 1. The van der Waals surface area contributed by atoms with Gasteiger partial charge in [-0.1, -0.05) is 15.9 Å². The molecule has 1 N–H and O–H groups in total. The third-order valence-electron chi connectivity index (χ3n) is 4.36. The number of likely N-dealkylation sites (tertiary alicyclic amines) is 1. The average Bonchev–Trinajstić information content (AvgIpc) is 2.53. The molecule has 0 atom stereocenters. The van der Waals surface area contributed by atoms with E-state index in [2.05, 4.69) is 15.9 Å². The van der Waals surface area contributed by atoms with E-state index in [0.717, 1.165) is 4.47 Å². The van der Waals surface area contributed by atoms with E-state index in [1.165, 1.54) is 14.0 Å². The molecular weight excluding hydrogens is 366 g/mol. The van der Waals surface area contributed by atoms with Crippen LogP contribution in [0, 0.1) is 0 Å². The van der Waals surface area contributed by atoms with Gasteiger partial charge in [0.25, 0.3) is 0 Å². The summed E-state index contributed by atoms with van der Waals surface area (Å²) in [5, 5.41) is 9.04. The van der Waals surface area contributed by atoms with Gasteiger partial charge in [0, 0.05) is 30.7 Å². The van der Waals surface area contributed by atoms with Crippen molar-refractivity contribution in [2.24, 2.45) is 7.05 Å². The van der Waals surface area contributed by atoms with Gasteiger partial charge in [0.15, 0.2) is 0 Å². The van der Waals surface area contributed by atoms with E-state index in [4.69, 9.17) is 5.11 Å². The lowest BCUT2D eigenvalue weighted by Gasteiger charge is -2.31. The molecule has 0 spiro atoms. The van der Waals surface area contributed by atoms with Crippen LogP contribution in [0.2, 0.25) is 0 Å². The molecule has 23 heavy (non-hydrogen) atoms. The Labute approximate surface area is 139 Å². The van der Waals surface area contributed by atoms with Gasteiger partial charge in [0.05, 0.1) is 11.0 Å². The molecule has 1 fully saturated rings. The molecule has 0 bridgehead atoms. The van der Waals surface area contributed by atoms with Crippen LogP contribution < -0.4 is 11.1 Å².